The van der Waals surface area contributed by atoms with Crippen molar-refractivity contribution >= 4 is 5.82 Å². The van der Waals surface area contributed by atoms with E-state index in [0.717, 1.165) is 37.6 Å². The molecule has 4 nitrogen and oxygen atoms in total. The maximum Gasteiger partial charge on any atom is 0.147 e. The highest BCUT2D eigenvalue weighted by Crippen LogP contribution is 2.25. The third-order valence-electron chi connectivity index (χ3n) is 3.97. The highest BCUT2D eigenvalue weighted by molar-refractivity contribution is 5.38. The van der Waals surface area contributed by atoms with E-state index in [4.69, 9.17) is 0 Å². The first kappa shape index (κ1) is 15.2. The molecular formula is C16H28N4. The molecule has 0 saturated carbocycles. The van der Waals surface area contributed by atoms with Gasteiger partial charge in [0.1, 0.15) is 5.82 Å². The number of nitrogens with one attached hydrogen (secondary N) is 1. The molecule has 4 heteroatoms. The van der Waals surface area contributed by atoms with E-state index in [1.54, 1.807) is 0 Å². The van der Waals surface area contributed by atoms with Crippen LogP contribution in [0.3, 0.4) is 0 Å². The van der Waals surface area contributed by atoms with Gasteiger partial charge in [-0.05, 0) is 38.6 Å². The van der Waals surface area contributed by atoms with Crippen LogP contribution in [0.4, 0.5) is 5.82 Å². The Labute approximate surface area is 123 Å². The van der Waals surface area contributed by atoms with E-state index in [9.17, 15) is 0 Å². The summed E-state index contributed by atoms with van der Waals surface area (Å²) in [6.45, 7) is 7.42. The summed E-state index contributed by atoms with van der Waals surface area (Å²) in [4.78, 5) is 11.7. The largest absolute Gasteiger partial charge is 0.352 e. The van der Waals surface area contributed by atoms with E-state index in [1.165, 1.54) is 32.1 Å². The lowest BCUT2D eigenvalue weighted by Gasteiger charge is -2.36. The van der Waals surface area contributed by atoms with Gasteiger partial charge in [0.25, 0.3) is 0 Å². The van der Waals surface area contributed by atoms with E-state index >= 15 is 0 Å². The molecule has 0 bridgehead atoms. The second-order valence-electron chi connectivity index (χ2n) is 5.67. The molecule has 1 fully saturated rings. The third-order valence-corrected chi connectivity index (χ3v) is 3.97. The van der Waals surface area contributed by atoms with Gasteiger partial charge in [-0.15, -0.1) is 0 Å². The highest BCUT2D eigenvalue weighted by Gasteiger charge is 2.22. The Balaban J connectivity index is 1.96. The normalized spacial score (nSPS) is 19.3. The maximum absolute atomic E-state index is 4.64. The zero-order valence-electron chi connectivity index (χ0n) is 12.9. The Bertz CT molecular complexity index is 375. The fourth-order valence-corrected chi connectivity index (χ4v) is 2.92. The minimum absolute atomic E-state index is 0.659. The van der Waals surface area contributed by atoms with Gasteiger partial charge in [-0.1, -0.05) is 20.3 Å². The predicted molar refractivity (Wildman–Crippen MR) is 83.9 cm³/mol. The van der Waals surface area contributed by atoms with Crippen molar-refractivity contribution in [2.45, 2.75) is 65.0 Å². The molecule has 1 atom stereocenters. The van der Waals surface area contributed by atoms with Crippen molar-refractivity contribution in [3.05, 3.63) is 18.1 Å². The Morgan fingerprint density at radius 3 is 2.80 bits per heavy atom. The van der Waals surface area contributed by atoms with Crippen LogP contribution in [0.1, 0.15) is 58.1 Å². The Kier molecular flexibility index (Phi) is 6.25. The van der Waals surface area contributed by atoms with Crippen LogP contribution >= 0.6 is 0 Å². The van der Waals surface area contributed by atoms with E-state index in [2.05, 4.69) is 34.0 Å². The molecule has 0 radical (unpaired) electrons. The van der Waals surface area contributed by atoms with E-state index in [1.807, 2.05) is 12.4 Å². The fraction of sp³-hybridized carbons (Fsp3) is 0.750. The molecule has 2 rings (SSSR count). The molecular weight excluding hydrogens is 248 g/mol. The zero-order chi connectivity index (χ0) is 14.2. The van der Waals surface area contributed by atoms with Crippen molar-refractivity contribution in [1.29, 1.82) is 0 Å². The van der Waals surface area contributed by atoms with Gasteiger partial charge in [0.2, 0.25) is 0 Å². The van der Waals surface area contributed by atoms with Crippen molar-refractivity contribution in [3.8, 4) is 0 Å². The molecule has 112 valence electrons. The average Bonchev–Trinajstić information content (AvgIpc) is 2.49. The number of aromatic nitrogens is 2. The summed E-state index contributed by atoms with van der Waals surface area (Å²) in [6, 6.07) is 0.659. The Morgan fingerprint density at radius 1 is 1.20 bits per heavy atom. The lowest BCUT2D eigenvalue weighted by molar-refractivity contribution is 0.431. The predicted octanol–water partition coefficient (Wildman–Crippen LogP) is 3.14. The second kappa shape index (κ2) is 8.20. The molecule has 1 aliphatic rings. The Morgan fingerprint density at radius 2 is 2.10 bits per heavy atom. The van der Waals surface area contributed by atoms with E-state index in [-0.39, 0.29) is 0 Å². The number of hydrogen-bond acceptors (Lipinski definition) is 4. The molecule has 0 amide bonds. The molecule has 1 aromatic rings. The number of piperidine rings is 1. The smallest absolute Gasteiger partial charge is 0.147 e. The van der Waals surface area contributed by atoms with Crippen LogP contribution in [0, 0.1) is 0 Å². The number of anilines is 1. The molecule has 0 aliphatic carbocycles. The highest BCUT2D eigenvalue weighted by atomic mass is 15.2. The maximum atomic E-state index is 4.64. The summed E-state index contributed by atoms with van der Waals surface area (Å²) in [5.74, 6) is 1.06. The second-order valence-corrected chi connectivity index (χ2v) is 5.67. The van der Waals surface area contributed by atoms with Gasteiger partial charge in [-0.2, -0.15) is 0 Å². The first-order chi connectivity index (χ1) is 9.85. The topological polar surface area (TPSA) is 41.1 Å². The molecule has 1 saturated heterocycles. The van der Waals surface area contributed by atoms with Crippen molar-refractivity contribution in [2.24, 2.45) is 0 Å². The van der Waals surface area contributed by atoms with Crippen molar-refractivity contribution in [1.82, 2.24) is 15.3 Å². The monoisotopic (exact) mass is 276 g/mol. The van der Waals surface area contributed by atoms with Crippen LogP contribution in [-0.4, -0.2) is 29.1 Å². The van der Waals surface area contributed by atoms with Crippen LogP contribution in [0.25, 0.3) is 0 Å². The van der Waals surface area contributed by atoms with Crippen molar-refractivity contribution < 1.29 is 0 Å². The SMILES string of the molecule is CCCNCc1cnc(N2CCCCC2CCC)cn1. The van der Waals surface area contributed by atoms with Crippen LogP contribution in [0.2, 0.25) is 0 Å². The standard InChI is InChI=1S/C16H28N4/c1-3-7-15-8-5-6-10-20(15)16-13-18-14(12-19-16)11-17-9-4-2/h12-13,15,17H,3-11H2,1-2H3. The first-order valence-electron chi connectivity index (χ1n) is 8.13. The molecule has 1 unspecified atom stereocenters. The number of nitrogens with zero attached hydrogens (tertiary/aromatic N) is 3. The quantitative estimate of drug-likeness (QED) is 0.777. The molecule has 0 aromatic carbocycles. The number of rotatable bonds is 7. The summed E-state index contributed by atoms with van der Waals surface area (Å²) in [5, 5.41) is 3.36. The van der Waals surface area contributed by atoms with Crippen LogP contribution in [0.15, 0.2) is 12.4 Å². The first-order valence-corrected chi connectivity index (χ1v) is 8.13. The van der Waals surface area contributed by atoms with E-state index < -0.39 is 0 Å². The van der Waals surface area contributed by atoms with Crippen molar-refractivity contribution in [2.75, 3.05) is 18.0 Å². The Hall–Kier alpha value is -1.16. The van der Waals surface area contributed by atoms with Gasteiger partial charge in [0.05, 0.1) is 18.1 Å². The average molecular weight is 276 g/mol. The summed E-state index contributed by atoms with van der Waals surface area (Å²) < 4.78 is 0. The van der Waals surface area contributed by atoms with Crippen molar-refractivity contribution in [3.63, 3.8) is 0 Å². The third kappa shape index (κ3) is 4.17. The molecule has 1 aliphatic heterocycles. The molecule has 2 heterocycles. The fourth-order valence-electron chi connectivity index (χ4n) is 2.92. The zero-order valence-corrected chi connectivity index (χ0v) is 12.9. The van der Waals surface area contributed by atoms with Gasteiger partial charge in [0, 0.05) is 19.1 Å². The minimum atomic E-state index is 0.659. The lowest BCUT2D eigenvalue weighted by Crippen LogP contribution is -2.40. The molecule has 0 spiro atoms. The van der Waals surface area contributed by atoms with Crippen LogP contribution in [-0.2, 0) is 6.54 Å². The summed E-state index contributed by atoms with van der Waals surface area (Å²) in [7, 11) is 0. The van der Waals surface area contributed by atoms with Crippen LogP contribution in [0.5, 0.6) is 0 Å². The lowest BCUT2D eigenvalue weighted by atomic mass is 9.98. The van der Waals surface area contributed by atoms with Gasteiger partial charge in [-0.25, -0.2) is 4.98 Å². The number of hydrogen-bond donors (Lipinski definition) is 1. The minimum Gasteiger partial charge on any atom is -0.352 e. The van der Waals surface area contributed by atoms with Gasteiger partial charge in [0.15, 0.2) is 0 Å². The molecule has 1 N–H and O–H groups in total. The molecule has 20 heavy (non-hydrogen) atoms. The van der Waals surface area contributed by atoms with Crippen LogP contribution < -0.4 is 10.2 Å². The van der Waals surface area contributed by atoms with Gasteiger partial charge in [-0.3, -0.25) is 4.98 Å². The van der Waals surface area contributed by atoms with E-state index in [0.29, 0.717) is 6.04 Å². The summed E-state index contributed by atoms with van der Waals surface area (Å²) in [5.41, 5.74) is 1.03. The summed E-state index contributed by atoms with van der Waals surface area (Å²) >= 11 is 0. The summed E-state index contributed by atoms with van der Waals surface area (Å²) in [6.07, 6.45) is 11.5. The van der Waals surface area contributed by atoms with Gasteiger partial charge < -0.3 is 10.2 Å². The van der Waals surface area contributed by atoms with Gasteiger partial charge >= 0.3 is 0 Å². The molecule has 1 aromatic heterocycles.